The highest BCUT2D eigenvalue weighted by atomic mass is 32.1. The molecule has 2 rings (SSSR count). The number of ether oxygens (including phenoxy) is 1. The lowest BCUT2D eigenvalue weighted by Crippen LogP contribution is -2.27. The van der Waals surface area contributed by atoms with Crippen LogP contribution < -0.4 is 10.2 Å². The number of aromatic nitrogens is 1. The van der Waals surface area contributed by atoms with Crippen molar-refractivity contribution in [2.45, 2.75) is 52.5 Å². The minimum Gasteiger partial charge on any atom is -0.380 e. The monoisotopic (exact) mass is 311 g/mol. The molecule has 0 amide bonds. The van der Waals surface area contributed by atoms with Gasteiger partial charge in [-0.05, 0) is 39.7 Å². The van der Waals surface area contributed by atoms with Crippen LogP contribution in [0.15, 0.2) is 0 Å². The normalized spacial score (nSPS) is 14.6. The van der Waals surface area contributed by atoms with E-state index >= 15 is 0 Å². The number of nitrogens with zero attached hydrogens (tertiary/aromatic N) is 2. The second-order valence-electron chi connectivity index (χ2n) is 5.53. The summed E-state index contributed by atoms with van der Waals surface area (Å²) in [6.07, 6.45) is 3.81. The highest BCUT2D eigenvalue weighted by Crippen LogP contribution is 2.44. The molecular formula is C16H29N3OS. The average Bonchev–Trinajstić information content (AvgIpc) is 3.25. The molecule has 1 fully saturated rings. The summed E-state index contributed by atoms with van der Waals surface area (Å²) in [6, 6.07) is 0. The van der Waals surface area contributed by atoms with Crippen molar-refractivity contribution in [3.63, 3.8) is 0 Å². The Labute approximate surface area is 132 Å². The molecule has 5 heteroatoms. The Morgan fingerprint density at radius 2 is 2.14 bits per heavy atom. The van der Waals surface area contributed by atoms with E-state index in [1.54, 1.807) is 0 Å². The molecule has 1 saturated carbocycles. The number of likely N-dealkylation sites (N-methyl/N-ethyl adjacent to an activating group) is 1. The number of anilines is 1. The van der Waals surface area contributed by atoms with E-state index in [1.165, 1.54) is 35.0 Å². The standard InChI is InChI=1S/C16H29N3OS/c1-4-9-17-12-14-15(13-7-8-13)18-16(21-14)19(5-2)10-11-20-6-3/h13,17H,4-12H2,1-3H3. The Hall–Kier alpha value is -0.650. The number of nitrogens with one attached hydrogen (secondary N) is 1. The van der Waals surface area contributed by atoms with E-state index in [-0.39, 0.29) is 0 Å². The fourth-order valence-electron chi connectivity index (χ4n) is 2.38. The zero-order valence-electron chi connectivity index (χ0n) is 13.7. The van der Waals surface area contributed by atoms with Crippen molar-refractivity contribution in [3.8, 4) is 0 Å². The summed E-state index contributed by atoms with van der Waals surface area (Å²) >= 11 is 1.87. The highest BCUT2D eigenvalue weighted by molar-refractivity contribution is 7.15. The maximum Gasteiger partial charge on any atom is 0.185 e. The fraction of sp³-hybridized carbons (Fsp3) is 0.812. The van der Waals surface area contributed by atoms with Crippen LogP contribution in [0.4, 0.5) is 5.13 Å². The summed E-state index contributed by atoms with van der Waals surface area (Å²) in [5, 5.41) is 4.70. The molecular weight excluding hydrogens is 282 g/mol. The maximum absolute atomic E-state index is 5.49. The number of rotatable bonds is 11. The van der Waals surface area contributed by atoms with E-state index in [0.29, 0.717) is 0 Å². The van der Waals surface area contributed by atoms with Gasteiger partial charge in [0.1, 0.15) is 0 Å². The first-order valence-corrected chi connectivity index (χ1v) is 9.14. The van der Waals surface area contributed by atoms with Gasteiger partial charge in [0.15, 0.2) is 5.13 Å². The van der Waals surface area contributed by atoms with Gasteiger partial charge in [-0.1, -0.05) is 6.92 Å². The Bertz CT molecular complexity index is 418. The highest BCUT2D eigenvalue weighted by Gasteiger charge is 2.30. The third kappa shape index (κ3) is 4.94. The van der Waals surface area contributed by atoms with Gasteiger partial charge in [0, 0.05) is 37.0 Å². The Morgan fingerprint density at radius 1 is 1.33 bits per heavy atom. The summed E-state index contributed by atoms with van der Waals surface area (Å²) < 4.78 is 5.49. The number of hydrogen-bond donors (Lipinski definition) is 1. The molecule has 0 bridgehead atoms. The van der Waals surface area contributed by atoms with E-state index in [2.05, 4.69) is 24.1 Å². The van der Waals surface area contributed by atoms with Crippen LogP contribution in [-0.4, -0.2) is 37.8 Å². The van der Waals surface area contributed by atoms with Gasteiger partial charge >= 0.3 is 0 Å². The maximum atomic E-state index is 5.49. The third-order valence-electron chi connectivity index (χ3n) is 3.75. The number of hydrogen-bond acceptors (Lipinski definition) is 5. The van der Waals surface area contributed by atoms with Crippen LogP contribution >= 0.6 is 11.3 Å². The van der Waals surface area contributed by atoms with E-state index in [4.69, 9.17) is 9.72 Å². The summed E-state index contributed by atoms with van der Waals surface area (Å²) in [5.41, 5.74) is 1.36. The Balaban J connectivity index is 2.02. The molecule has 0 radical (unpaired) electrons. The van der Waals surface area contributed by atoms with Crippen LogP contribution in [0.1, 0.15) is 56.5 Å². The minimum atomic E-state index is 0.721. The molecule has 0 saturated heterocycles. The number of thiazole rings is 1. The lowest BCUT2D eigenvalue weighted by molar-refractivity contribution is 0.154. The van der Waals surface area contributed by atoms with Crippen molar-refractivity contribution in [1.29, 1.82) is 0 Å². The van der Waals surface area contributed by atoms with Gasteiger partial charge in [-0.25, -0.2) is 4.98 Å². The minimum absolute atomic E-state index is 0.721. The summed E-state index contributed by atoms with van der Waals surface area (Å²) in [6.45, 7) is 12.0. The first-order chi connectivity index (χ1) is 10.3. The Morgan fingerprint density at radius 3 is 2.76 bits per heavy atom. The van der Waals surface area contributed by atoms with Gasteiger partial charge in [-0.15, -0.1) is 11.3 Å². The molecule has 1 aliphatic carbocycles. The van der Waals surface area contributed by atoms with Crippen LogP contribution in [0.5, 0.6) is 0 Å². The van der Waals surface area contributed by atoms with Crippen molar-refractivity contribution in [2.24, 2.45) is 0 Å². The fourth-order valence-corrected chi connectivity index (χ4v) is 3.58. The van der Waals surface area contributed by atoms with Gasteiger partial charge in [0.2, 0.25) is 0 Å². The lowest BCUT2D eigenvalue weighted by Gasteiger charge is -2.19. The molecule has 1 aliphatic rings. The van der Waals surface area contributed by atoms with Crippen molar-refractivity contribution < 1.29 is 4.74 Å². The molecule has 21 heavy (non-hydrogen) atoms. The van der Waals surface area contributed by atoms with Crippen molar-refractivity contribution >= 4 is 16.5 Å². The second kappa shape index (κ2) is 8.71. The van der Waals surface area contributed by atoms with E-state index in [1.807, 2.05) is 18.3 Å². The SMILES string of the molecule is CCCNCc1sc(N(CC)CCOCC)nc1C1CC1. The van der Waals surface area contributed by atoms with Crippen molar-refractivity contribution in [3.05, 3.63) is 10.6 Å². The zero-order valence-corrected chi connectivity index (χ0v) is 14.5. The summed E-state index contributed by atoms with van der Waals surface area (Å²) in [4.78, 5) is 8.73. The van der Waals surface area contributed by atoms with Crippen LogP contribution in [0, 0.1) is 0 Å². The Kier molecular flexibility index (Phi) is 6.93. The van der Waals surface area contributed by atoms with Crippen molar-refractivity contribution in [2.75, 3.05) is 37.7 Å². The molecule has 120 valence electrons. The quantitative estimate of drug-likeness (QED) is 0.636. The topological polar surface area (TPSA) is 37.4 Å². The molecule has 0 unspecified atom stereocenters. The van der Waals surface area contributed by atoms with E-state index < -0.39 is 0 Å². The molecule has 4 nitrogen and oxygen atoms in total. The largest absolute Gasteiger partial charge is 0.380 e. The zero-order chi connectivity index (χ0) is 15.1. The molecule has 0 aromatic carbocycles. The van der Waals surface area contributed by atoms with Crippen LogP contribution in [0.25, 0.3) is 0 Å². The molecule has 0 aliphatic heterocycles. The van der Waals surface area contributed by atoms with Gasteiger partial charge in [-0.2, -0.15) is 0 Å². The predicted octanol–water partition coefficient (Wildman–Crippen LogP) is 3.38. The van der Waals surface area contributed by atoms with Gasteiger partial charge < -0.3 is 15.0 Å². The van der Waals surface area contributed by atoms with E-state index in [9.17, 15) is 0 Å². The van der Waals surface area contributed by atoms with Crippen molar-refractivity contribution in [1.82, 2.24) is 10.3 Å². The third-order valence-corrected chi connectivity index (χ3v) is 4.89. The predicted molar refractivity (Wildman–Crippen MR) is 90.5 cm³/mol. The van der Waals surface area contributed by atoms with Crippen LogP contribution in [0.3, 0.4) is 0 Å². The van der Waals surface area contributed by atoms with Crippen LogP contribution in [0.2, 0.25) is 0 Å². The first kappa shape index (κ1) is 16.7. The summed E-state index contributed by atoms with van der Waals surface area (Å²) in [7, 11) is 0. The first-order valence-electron chi connectivity index (χ1n) is 8.33. The smallest absolute Gasteiger partial charge is 0.185 e. The summed E-state index contributed by atoms with van der Waals surface area (Å²) in [5.74, 6) is 0.721. The van der Waals surface area contributed by atoms with Gasteiger partial charge in [0.25, 0.3) is 0 Å². The second-order valence-corrected chi connectivity index (χ2v) is 6.59. The van der Waals surface area contributed by atoms with Gasteiger partial charge in [-0.3, -0.25) is 0 Å². The average molecular weight is 311 g/mol. The van der Waals surface area contributed by atoms with Gasteiger partial charge in [0.05, 0.1) is 12.3 Å². The molecule has 0 atom stereocenters. The molecule has 1 heterocycles. The van der Waals surface area contributed by atoms with Crippen LogP contribution in [-0.2, 0) is 11.3 Å². The van der Waals surface area contributed by atoms with E-state index in [0.717, 1.165) is 45.3 Å². The lowest BCUT2D eigenvalue weighted by atomic mass is 10.2. The molecule has 1 aromatic rings. The molecule has 0 spiro atoms. The molecule has 1 N–H and O–H groups in total. The molecule has 1 aromatic heterocycles.